The molecule has 7 nitrogen and oxygen atoms in total. The number of carboxylic acid groups (broad SMARTS) is 2. The number of aliphatic carboxylic acids is 2. The molecule has 0 saturated heterocycles. The first-order valence-corrected chi connectivity index (χ1v) is 13.1. The van der Waals surface area contributed by atoms with Crippen LogP contribution in [0.25, 0.3) is 21.3 Å². The molecule has 0 radical (unpaired) electrons. The number of carbonyl (C=O) groups is 2. The first-order valence-electron chi connectivity index (χ1n) is 11.5. The summed E-state index contributed by atoms with van der Waals surface area (Å²) in [5, 5.41) is 16.8. The van der Waals surface area contributed by atoms with Crippen LogP contribution in [0, 0.1) is 0 Å². The first kappa shape index (κ1) is 29.2. The van der Waals surface area contributed by atoms with Crippen molar-refractivity contribution in [2.75, 3.05) is 26.7 Å². The van der Waals surface area contributed by atoms with Crippen LogP contribution in [0.5, 0.6) is 5.75 Å². The normalized spacial score (nSPS) is 10.9. The van der Waals surface area contributed by atoms with Gasteiger partial charge in [-0.25, -0.2) is 9.59 Å². The Morgan fingerprint density at radius 2 is 1.72 bits per heavy atom. The van der Waals surface area contributed by atoms with Gasteiger partial charge in [-0.05, 0) is 68.3 Å². The number of halogens is 1. The van der Waals surface area contributed by atoms with Gasteiger partial charge in [-0.15, -0.1) is 6.58 Å². The third kappa shape index (κ3) is 10.7. The molecule has 2 N–H and O–H groups in total. The summed E-state index contributed by atoms with van der Waals surface area (Å²) in [5.74, 6) is -1.58. The van der Waals surface area contributed by atoms with Crippen molar-refractivity contribution in [3.63, 3.8) is 0 Å². The highest BCUT2D eigenvalue weighted by Gasteiger charge is 2.09. The van der Waals surface area contributed by atoms with Crippen molar-refractivity contribution in [1.82, 2.24) is 9.27 Å². The van der Waals surface area contributed by atoms with Gasteiger partial charge in [0.05, 0.1) is 17.0 Å². The van der Waals surface area contributed by atoms with Crippen LogP contribution in [0.3, 0.4) is 0 Å². The fraction of sp³-hybridized carbons (Fsp3) is 0.296. The SMILES string of the molecule is C=CCN(C)CCCCCCOc1ccc2c(-c3ccc(Br)cc3)nsc2c1.O=C(O)/C=C/C(=O)O. The van der Waals surface area contributed by atoms with E-state index in [2.05, 4.69) is 81.3 Å². The molecule has 0 amide bonds. The van der Waals surface area contributed by atoms with Gasteiger partial charge in [-0.1, -0.05) is 47.0 Å². The summed E-state index contributed by atoms with van der Waals surface area (Å²) >= 11 is 5.01. The standard InChI is InChI=1S/C23H27BrN2OS.C4H4O4/c1-3-14-26(2)15-6-4-5-7-16-27-20-12-13-21-22(17-20)28-25-23(21)18-8-10-19(24)11-9-18;5-3(6)1-2-4(7)8/h3,8-13,17H,1,4-7,14-16H2,2H3;1-2H,(H,5,6)(H,7,8)/b;2-1+. The van der Waals surface area contributed by atoms with Crippen LogP contribution in [0.15, 0.2) is 71.7 Å². The highest BCUT2D eigenvalue weighted by Crippen LogP contribution is 2.33. The average Bonchev–Trinajstić information content (AvgIpc) is 3.26. The summed E-state index contributed by atoms with van der Waals surface area (Å²) in [5.41, 5.74) is 2.18. The quantitative estimate of drug-likeness (QED) is 0.136. The Kier molecular flexibility index (Phi) is 12.9. The number of benzene rings is 2. The molecule has 1 heterocycles. The molecule has 0 aliphatic rings. The van der Waals surface area contributed by atoms with E-state index in [4.69, 9.17) is 14.9 Å². The minimum Gasteiger partial charge on any atom is -0.494 e. The van der Waals surface area contributed by atoms with Crippen LogP contribution < -0.4 is 4.74 Å². The van der Waals surface area contributed by atoms with Crippen LogP contribution in [-0.2, 0) is 9.59 Å². The predicted octanol–water partition coefficient (Wildman–Crippen LogP) is 6.49. The summed E-state index contributed by atoms with van der Waals surface area (Å²) in [6.45, 7) is 6.64. The Labute approximate surface area is 224 Å². The van der Waals surface area contributed by atoms with Crippen LogP contribution in [0.4, 0.5) is 0 Å². The van der Waals surface area contributed by atoms with Crippen molar-refractivity contribution in [3.05, 3.63) is 71.7 Å². The Balaban J connectivity index is 0.000000493. The second-order valence-electron chi connectivity index (χ2n) is 8.02. The number of nitrogens with zero attached hydrogens (tertiary/aromatic N) is 2. The van der Waals surface area contributed by atoms with Crippen LogP contribution >= 0.6 is 27.5 Å². The number of carboxylic acids is 2. The monoisotopic (exact) mass is 574 g/mol. The van der Waals surface area contributed by atoms with E-state index in [1.54, 1.807) is 0 Å². The molecule has 0 saturated carbocycles. The van der Waals surface area contributed by atoms with Gasteiger partial charge in [0, 0.05) is 34.1 Å². The zero-order valence-electron chi connectivity index (χ0n) is 20.2. The van der Waals surface area contributed by atoms with Crippen LogP contribution in [-0.4, -0.2) is 58.2 Å². The van der Waals surface area contributed by atoms with Crippen molar-refractivity contribution in [2.45, 2.75) is 25.7 Å². The van der Waals surface area contributed by atoms with Crippen molar-refractivity contribution in [2.24, 2.45) is 0 Å². The highest BCUT2D eigenvalue weighted by molar-refractivity contribution is 9.10. The van der Waals surface area contributed by atoms with Crippen LogP contribution in [0.1, 0.15) is 25.7 Å². The van der Waals surface area contributed by atoms with E-state index < -0.39 is 11.9 Å². The molecule has 0 bridgehead atoms. The zero-order valence-corrected chi connectivity index (χ0v) is 22.6. The third-order valence-electron chi connectivity index (χ3n) is 5.07. The van der Waals surface area contributed by atoms with Crippen molar-refractivity contribution < 1.29 is 24.5 Å². The van der Waals surface area contributed by atoms with Gasteiger partial charge in [0.2, 0.25) is 0 Å². The lowest BCUT2D eigenvalue weighted by Gasteiger charge is -2.13. The molecule has 36 heavy (non-hydrogen) atoms. The number of likely N-dealkylation sites (N-methyl/N-ethyl adjacent to an activating group) is 1. The molecule has 0 aliphatic carbocycles. The summed E-state index contributed by atoms with van der Waals surface area (Å²) in [7, 11) is 2.14. The van der Waals surface area contributed by atoms with E-state index in [0.717, 1.165) is 47.6 Å². The Morgan fingerprint density at radius 3 is 2.36 bits per heavy atom. The lowest BCUT2D eigenvalue weighted by molar-refractivity contribution is -0.134. The molecule has 3 rings (SSSR count). The minimum absolute atomic E-state index is 0.558. The van der Waals surface area contributed by atoms with Gasteiger partial charge in [-0.3, -0.25) is 0 Å². The molecular weight excluding hydrogens is 544 g/mol. The van der Waals surface area contributed by atoms with Crippen molar-refractivity contribution >= 4 is 49.5 Å². The number of hydrogen-bond donors (Lipinski definition) is 2. The van der Waals surface area contributed by atoms with E-state index in [9.17, 15) is 9.59 Å². The van der Waals surface area contributed by atoms with Crippen molar-refractivity contribution in [1.29, 1.82) is 0 Å². The molecule has 0 unspecified atom stereocenters. The fourth-order valence-electron chi connectivity index (χ4n) is 3.31. The topological polar surface area (TPSA) is 100.0 Å². The van der Waals surface area contributed by atoms with Crippen molar-refractivity contribution in [3.8, 4) is 17.0 Å². The minimum atomic E-state index is -1.26. The van der Waals surface area contributed by atoms with Gasteiger partial charge in [0.25, 0.3) is 0 Å². The molecule has 9 heteroatoms. The largest absolute Gasteiger partial charge is 0.494 e. The number of hydrogen-bond acceptors (Lipinski definition) is 6. The summed E-state index contributed by atoms with van der Waals surface area (Å²) in [6.07, 6.45) is 7.85. The molecule has 192 valence electrons. The number of fused-ring (bicyclic) bond motifs is 1. The second kappa shape index (κ2) is 15.9. The molecule has 0 atom stereocenters. The maximum atomic E-state index is 9.55. The molecule has 0 fully saturated rings. The van der Waals surface area contributed by atoms with E-state index in [1.807, 2.05) is 6.08 Å². The number of rotatable bonds is 13. The summed E-state index contributed by atoms with van der Waals surface area (Å²) in [4.78, 5) is 21.4. The third-order valence-corrected chi connectivity index (χ3v) is 6.41. The molecule has 0 aliphatic heterocycles. The van der Waals surface area contributed by atoms with E-state index >= 15 is 0 Å². The number of aromatic nitrogens is 1. The van der Waals surface area contributed by atoms with E-state index in [0.29, 0.717) is 12.2 Å². The molecule has 2 aromatic carbocycles. The number of unbranched alkanes of at least 4 members (excludes halogenated alkanes) is 3. The number of ether oxygens (including phenoxy) is 1. The van der Waals surface area contributed by atoms with E-state index in [-0.39, 0.29) is 0 Å². The Morgan fingerprint density at radius 1 is 1.06 bits per heavy atom. The molecule has 0 spiro atoms. The highest BCUT2D eigenvalue weighted by atomic mass is 79.9. The van der Waals surface area contributed by atoms with Gasteiger partial charge in [-0.2, -0.15) is 4.37 Å². The smallest absolute Gasteiger partial charge is 0.328 e. The zero-order chi connectivity index (χ0) is 26.3. The maximum absolute atomic E-state index is 9.55. The lowest BCUT2D eigenvalue weighted by atomic mass is 10.1. The Bertz CT molecular complexity index is 1140. The molecule has 1 aromatic heterocycles. The fourth-order valence-corrected chi connectivity index (χ4v) is 4.39. The van der Waals surface area contributed by atoms with Crippen LogP contribution in [0.2, 0.25) is 0 Å². The first-order chi connectivity index (χ1) is 17.3. The van der Waals surface area contributed by atoms with Gasteiger partial charge >= 0.3 is 11.9 Å². The van der Waals surface area contributed by atoms with Gasteiger partial charge < -0.3 is 19.8 Å². The van der Waals surface area contributed by atoms with Gasteiger partial charge in [0.15, 0.2) is 0 Å². The lowest BCUT2D eigenvalue weighted by Crippen LogP contribution is -2.19. The summed E-state index contributed by atoms with van der Waals surface area (Å²) in [6, 6.07) is 14.6. The predicted molar refractivity (Wildman–Crippen MR) is 149 cm³/mol. The Hall–Kier alpha value is -3.01. The van der Waals surface area contributed by atoms with Gasteiger partial charge in [0.1, 0.15) is 5.75 Å². The van der Waals surface area contributed by atoms with E-state index in [1.165, 1.54) is 40.9 Å². The summed E-state index contributed by atoms with van der Waals surface area (Å²) < 4.78 is 12.9. The second-order valence-corrected chi connectivity index (χ2v) is 9.74. The molecule has 3 aromatic rings. The average molecular weight is 576 g/mol. The molecular formula is C27H31BrN2O5S. The maximum Gasteiger partial charge on any atom is 0.328 e.